The molecule has 7 nitrogen and oxygen atoms in total. The maximum absolute atomic E-state index is 12.0. The SMILES string of the molecule is CCOc1ccc2[nH+]c(NCCNC(=O)Nc3ccccc3Cl)c(C#N)cc2c1. The number of rotatable bonds is 7. The van der Waals surface area contributed by atoms with Gasteiger partial charge in [0.2, 0.25) is 0 Å². The zero-order valence-electron chi connectivity index (χ0n) is 15.9. The zero-order chi connectivity index (χ0) is 20.6. The van der Waals surface area contributed by atoms with E-state index in [1.165, 1.54) is 0 Å². The first-order valence-electron chi connectivity index (χ1n) is 9.17. The maximum atomic E-state index is 12.0. The Morgan fingerprint density at radius 1 is 1.21 bits per heavy atom. The van der Waals surface area contributed by atoms with Crippen LogP contribution in [0.1, 0.15) is 12.5 Å². The van der Waals surface area contributed by atoms with Crippen molar-refractivity contribution in [3.05, 3.63) is 59.1 Å². The quantitative estimate of drug-likeness (QED) is 0.515. The van der Waals surface area contributed by atoms with Crippen LogP contribution in [0.25, 0.3) is 10.9 Å². The van der Waals surface area contributed by atoms with E-state index >= 15 is 0 Å². The van der Waals surface area contributed by atoms with Crippen LogP contribution in [0.5, 0.6) is 5.75 Å². The molecule has 0 spiro atoms. The summed E-state index contributed by atoms with van der Waals surface area (Å²) in [7, 11) is 0. The molecular formula is C21H21ClN5O2+. The smallest absolute Gasteiger partial charge is 0.319 e. The molecule has 0 bridgehead atoms. The fourth-order valence-electron chi connectivity index (χ4n) is 2.78. The first kappa shape index (κ1) is 20.2. The van der Waals surface area contributed by atoms with Crippen LogP contribution in [0.4, 0.5) is 16.3 Å². The number of urea groups is 1. The molecule has 0 saturated carbocycles. The number of hydrogen-bond acceptors (Lipinski definition) is 4. The molecule has 3 rings (SSSR count). The molecule has 0 aliphatic carbocycles. The molecular weight excluding hydrogens is 390 g/mol. The molecule has 0 atom stereocenters. The predicted octanol–water partition coefficient (Wildman–Crippen LogP) is 3.81. The van der Waals surface area contributed by atoms with Gasteiger partial charge in [-0.25, -0.2) is 9.78 Å². The van der Waals surface area contributed by atoms with Gasteiger partial charge in [0.15, 0.2) is 0 Å². The number of benzene rings is 2. The van der Waals surface area contributed by atoms with Gasteiger partial charge in [-0.1, -0.05) is 23.7 Å². The normalized spacial score (nSPS) is 10.2. The summed E-state index contributed by atoms with van der Waals surface area (Å²) in [5.74, 6) is 1.35. The number of nitrogens with zero attached hydrogens (tertiary/aromatic N) is 1. The van der Waals surface area contributed by atoms with E-state index in [0.29, 0.717) is 41.8 Å². The number of nitrogens with one attached hydrogen (secondary N) is 4. The second kappa shape index (κ2) is 9.62. The van der Waals surface area contributed by atoms with Crippen molar-refractivity contribution in [3.8, 4) is 11.8 Å². The van der Waals surface area contributed by atoms with Crippen molar-refractivity contribution in [1.82, 2.24) is 5.32 Å². The van der Waals surface area contributed by atoms with Gasteiger partial charge in [-0.3, -0.25) is 5.32 Å². The number of nitriles is 1. The maximum Gasteiger partial charge on any atom is 0.319 e. The summed E-state index contributed by atoms with van der Waals surface area (Å²) < 4.78 is 5.50. The van der Waals surface area contributed by atoms with Crippen LogP contribution in [-0.4, -0.2) is 25.7 Å². The summed E-state index contributed by atoms with van der Waals surface area (Å²) in [4.78, 5) is 15.2. The molecule has 0 radical (unpaired) electrons. The summed E-state index contributed by atoms with van der Waals surface area (Å²) in [5.41, 5.74) is 1.90. The van der Waals surface area contributed by atoms with Gasteiger partial charge >= 0.3 is 6.03 Å². The Bertz CT molecular complexity index is 1060. The van der Waals surface area contributed by atoms with Crippen LogP contribution in [0.15, 0.2) is 48.5 Å². The van der Waals surface area contributed by atoms with Crippen LogP contribution in [0.2, 0.25) is 5.02 Å². The number of carbonyl (C=O) groups excluding carboxylic acids is 1. The second-order valence-corrected chi connectivity index (χ2v) is 6.55. The monoisotopic (exact) mass is 410 g/mol. The van der Waals surface area contributed by atoms with Crippen molar-refractivity contribution in [2.24, 2.45) is 0 Å². The van der Waals surface area contributed by atoms with Crippen LogP contribution in [-0.2, 0) is 0 Å². The highest BCUT2D eigenvalue weighted by Crippen LogP contribution is 2.22. The number of halogens is 1. The topological polar surface area (TPSA) is 100 Å². The molecule has 0 unspecified atom stereocenters. The van der Waals surface area contributed by atoms with E-state index in [1.807, 2.05) is 25.1 Å². The van der Waals surface area contributed by atoms with Gasteiger partial charge in [-0.15, -0.1) is 0 Å². The van der Waals surface area contributed by atoms with Crippen molar-refractivity contribution in [1.29, 1.82) is 5.26 Å². The number of fused-ring (bicyclic) bond motifs is 1. The van der Waals surface area contributed by atoms with Crippen LogP contribution < -0.4 is 25.7 Å². The molecule has 4 N–H and O–H groups in total. The highest BCUT2D eigenvalue weighted by atomic mass is 35.5. The minimum atomic E-state index is -0.355. The number of pyridine rings is 1. The Morgan fingerprint density at radius 2 is 2.03 bits per heavy atom. The van der Waals surface area contributed by atoms with Crippen LogP contribution in [0, 0.1) is 11.3 Å². The number of ether oxygens (including phenoxy) is 1. The summed E-state index contributed by atoms with van der Waals surface area (Å²) in [6.07, 6.45) is 0. The van der Waals surface area contributed by atoms with Crippen LogP contribution in [0.3, 0.4) is 0 Å². The highest BCUT2D eigenvalue weighted by Gasteiger charge is 2.13. The van der Waals surface area contributed by atoms with Gasteiger partial charge in [0.25, 0.3) is 5.82 Å². The first-order chi connectivity index (χ1) is 14.1. The Labute approximate surface area is 173 Å². The average molecular weight is 411 g/mol. The lowest BCUT2D eigenvalue weighted by atomic mass is 10.1. The van der Waals surface area contributed by atoms with E-state index in [-0.39, 0.29) is 6.03 Å². The molecule has 2 aromatic carbocycles. The van der Waals surface area contributed by atoms with Gasteiger partial charge in [-0.2, -0.15) is 5.26 Å². The summed E-state index contributed by atoms with van der Waals surface area (Å²) >= 11 is 6.02. The molecule has 0 fully saturated rings. The standard InChI is InChI=1S/C21H20ClN5O2/c1-2-29-16-7-8-18-14(12-16)11-15(13-23)20(26-18)24-9-10-25-21(28)27-19-6-4-3-5-17(19)22/h3-8,11-12H,2,9-10H2,1H3,(H,24,26)(H2,25,27,28)/p+1. The summed E-state index contributed by atoms with van der Waals surface area (Å²) in [6.45, 7) is 3.30. The van der Waals surface area contributed by atoms with E-state index in [0.717, 1.165) is 16.7 Å². The largest absolute Gasteiger partial charge is 0.494 e. The van der Waals surface area contributed by atoms with Crippen molar-refractivity contribution >= 4 is 40.0 Å². The molecule has 0 aliphatic heterocycles. The minimum Gasteiger partial charge on any atom is -0.494 e. The lowest BCUT2D eigenvalue weighted by molar-refractivity contribution is -0.327. The first-order valence-corrected chi connectivity index (χ1v) is 9.54. The van der Waals surface area contributed by atoms with Crippen molar-refractivity contribution in [2.75, 3.05) is 30.3 Å². The summed E-state index contributed by atoms with van der Waals surface area (Å²) in [5, 5.41) is 19.4. The van der Waals surface area contributed by atoms with Crippen molar-refractivity contribution in [3.63, 3.8) is 0 Å². The van der Waals surface area contributed by atoms with Crippen LogP contribution >= 0.6 is 11.6 Å². The molecule has 3 aromatic rings. The number of H-pyrrole nitrogens is 1. The van der Waals surface area contributed by atoms with E-state index in [4.69, 9.17) is 16.3 Å². The lowest BCUT2D eigenvalue weighted by Crippen LogP contribution is -2.33. The molecule has 2 amide bonds. The van der Waals surface area contributed by atoms with E-state index in [9.17, 15) is 10.1 Å². The second-order valence-electron chi connectivity index (χ2n) is 6.14. The third-order valence-corrected chi connectivity index (χ3v) is 4.45. The van der Waals surface area contributed by atoms with E-state index in [1.54, 1.807) is 30.3 Å². The Balaban J connectivity index is 1.58. The minimum absolute atomic E-state index is 0.355. The lowest BCUT2D eigenvalue weighted by Gasteiger charge is -2.09. The molecule has 1 heterocycles. The van der Waals surface area contributed by atoms with Gasteiger partial charge in [0.1, 0.15) is 29.4 Å². The Morgan fingerprint density at radius 3 is 2.79 bits per heavy atom. The molecule has 148 valence electrons. The van der Waals surface area contributed by atoms with Gasteiger partial charge in [0, 0.05) is 5.39 Å². The number of aromatic nitrogens is 1. The molecule has 0 saturated heterocycles. The molecule has 8 heteroatoms. The van der Waals surface area contributed by atoms with Crippen molar-refractivity contribution < 1.29 is 14.5 Å². The number of anilines is 2. The number of para-hydroxylation sites is 1. The van der Waals surface area contributed by atoms with Gasteiger partial charge in [0.05, 0.1) is 23.9 Å². The van der Waals surface area contributed by atoms with Gasteiger partial charge < -0.3 is 15.4 Å². The fraction of sp³-hybridized carbons (Fsp3) is 0.190. The Kier molecular flexibility index (Phi) is 6.72. The zero-order valence-corrected chi connectivity index (χ0v) is 16.6. The number of carbonyl (C=O) groups is 1. The van der Waals surface area contributed by atoms with Gasteiger partial charge in [-0.05, 0) is 43.3 Å². The molecule has 29 heavy (non-hydrogen) atoms. The average Bonchev–Trinajstić information content (AvgIpc) is 2.72. The van der Waals surface area contributed by atoms with E-state index < -0.39 is 0 Å². The van der Waals surface area contributed by atoms with E-state index in [2.05, 4.69) is 27.0 Å². The fourth-order valence-corrected chi connectivity index (χ4v) is 2.96. The predicted molar refractivity (Wildman–Crippen MR) is 113 cm³/mol. The third-order valence-electron chi connectivity index (χ3n) is 4.12. The number of hydrogen-bond donors (Lipinski definition) is 3. The van der Waals surface area contributed by atoms with Crippen molar-refractivity contribution in [2.45, 2.75) is 6.92 Å². The highest BCUT2D eigenvalue weighted by molar-refractivity contribution is 6.33. The third kappa shape index (κ3) is 5.27. The number of aromatic amines is 1. The summed E-state index contributed by atoms with van der Waals surface area (Å²) in [6, 6.07) is 16.3. The molecule has 0 aliphatic rings. The number of amides is 2. The Hall–Kier alpha value is -3.50. The molecule has 1 aromatic heterocycles.